The highest BCUT2D eigenvalue weighted by molar-refractivity contribution is 7.91. The second-order valence-corrected chi connectivity index (χ2v) is 9.92. The SMILES string of the molecule is O=C(NC1CCS(=O)(=O)C1)c1ccc2cnc(N[C@H]3CC[C@H](O)CC3)nc2c1. The molecule has 2 aromatic rings. The lowest BCUT2D eigenvalue weighted by molar-refractivity contribution is 0.0941. The van der Waals surface area contributed by atoms with Crippen LogP contribution in [-0.4, -0.2) is 59.1 Å². The molecule has 1 saturated carbocycles. The molecule has 1 unspecified atom stereocenters. The molecular weight excluding hydrogens is 380 g/mol. The molecule has 1 amide bonds. The molecule has 4 rings (SSSR count). The van der Waals surface area contributed by atoms with Crippen LogP contribution < -0.4 is 10.6 Å². The van der Waals surface area contributed by atoms with E-state index in [9.17, 15) is 18.3 Å². The number of amides is 1. The van der Waals surface area contributed by atoms with Gasteiger partial charge < -0.3 is 15.7 Å². The molecule has 1 aliphatic heterocycles. The molecule has 9 heteroatoms. The van der Waals surface area contributed by atoms with Gasteiger partial charge in [0.1, 0.15) is 0 Å². The van der Waals surface area contributed by atoms with E-state index in [1.807, 2.05) is 0 Å². The molecule has 2 fully saturated rings. The van der Waals surface area contributed by atoms with Crippen molar-refractivity contribution in [3.63, 3.8) is 0 Å². The normalized spacial score (nSPS) is 26.8. The van der Waals surface area contributed by atoms with E-state index in [2.05, 4.69) is 20.6 Å². The molecule has 28 heavy (non-hydrogen) atoms. The summed E-state index contributed by atoms with van der Waals surface area (Å²) in [7, 11) is -3.04. The molecule has 1 saturated heterocycles. The highest BCUT2D eigenvalue weighted by Crippen LogP contribution is 2.22. The zero-order valence-corrected chi connectivity index (χ0v) is 16.3. The lowest BCUT2D eigenvalue weighted by Crippen LogP contribution is -2.35. The third kappa shape index (κ3) is 4.41. The highest BCUT2D eigenvalue weighted by atomic mass is 32.2. The predicted molar refractivity (Wildman–Crippen MR) is 106 cm³/mol. The number of aliphatic hydroxyl groups is 1. The fourth-order valence-corrected chi connectivity index (χ4v) is 5.49. The van der Waals surface area contributed by atoms with Crippen LogP contribution in [0.15, 0.2) is 24.4 Å². The third-order valence-electron chi connectivity index (χ3n) is 5.44. The average molecular weight is 404 g/mol. The lowest BCUT2D eigenvalue weighted by atomic mass is 9.93. The first kappa shape index (κ1) is 19.1. The first-order valence-electron chi connectivity index (χ1n) is 9.61. The van der Waals surface area contributed by atoms with Crippen LogP contribution in [0.2, 0.25) is 0 Å². The summed E-state index contributed by atoms with van der Waals surface area (Å²) >= 11 is 0. The van der Waals surface area contributed by atoms with E-state index < -0.39 is 9.84 Å². The molecule has 0 bridgehead atoms. The van der Waals surface area contributed by atoms with Crippen molar-refractivity contribution >= 4 is 32.6 Å². The molecule has 1 aromatic carbocycles. The number of aliphatic hydroxyl groups excluding tert-OH is 1. The number of aromatic nitrogens is 2. The van der Waals surface area contributed by atoms with Crippen molar-refractivity contribution in [3.05, 3.63) is 30.0 Å². The first-order valence-corrected chi connectivity index (χ1v) is 11.4. The Balaban J connectivity index is 1.47. The maximum Gasteiger partial charge on any atom is 0.251 e. The topological polar surface area (TPSA) is 121 Å². The van der Waals surface area contributed by atoms with Crippen molar-refractivity contribution in [2.24, 2.45) is 0 Å². The maximum absolute atomic E-state index is 12.5. The molecule has 2 aliphatic rings. The first-order chi connectivity index (χ1) is 13.4. The molecule has 3 N–H and O–H groups in total. The van der Waals surface area contributed by atoms with Gasteiger partial charge in [0, 0.05) is 29.2 Å². The van der Waals surface area contributed by atoms with Gasteiger partial charge in [-0.05, 0) is 44.2 Å². The number of benzene rings is 1. The summed E-state index contributed by atoms with van der Waals surface area (Å²) < 4.78 is 23.1. The van der Waals surface area contributed by atoms with E-state index in [0.29, 0.717) is 23.4 Å². The minimum Gasteiger partial charge on any atom is -0.393 e. The van der Waals surface area contributed by atoms with Crippen molar-refractivity contribution in [2.75, 3.05) is 16.8 Å². The molecule has 1 aromatic heterocycles. The Bertz CT molecular complexity index is 987. The van der Waals surface area contributed by atoms with Crippen LogP contribution >= 0.6 is 0 Å². The van der Waals surface area contributed by atoms with E-state index in [4.69, 9.17) is 0 Å². The minimum atomic E-state index is -3.04. The van der Waals surface area contributed by atoms with Crippen molar-refractivity contribution in [3.8, 4) is 0 Å². The molecule has 0 radical (unpaired) electrons. The zero-order chi connectivity index (χ0) is 19.7. The monoisotopic (exact) mass is 404 g/mol. The molecule has 0 spiro atoms. The number of hydrogen-bond acceptors (Lipinski definition) is 7. The van der Waals surface area contributed by atoms with Gasteiger partial charge >= 0.3 is 0 Å². The Hall–Kier alpha value is -2.26. The maximum atomic E-state index is 12.5. The Morgan fingerprint density at radius 1 is 1.11 bits per heavy atom. The summed E-state index contributed by atoms with van der Waals surface area (Å²) in [5.74, 6) is 0.334. The van der Waals surface area contributed by atoms with Crippen LogP contribution in [0.5, 0.6) is 0 Å². The van der Waals surface area contributed by atoms with Gasteiger partial charge in [0.25, 0.3) is 5.91 Å². The molecule has 2 heterocycles. The van der Waals surface area contributed by atoms with Gasteiger partial charge in [-0.25, -0.2) is 18.4 Å². The minimum absolute atomic E-state index is 0.00134. The van der Waals surface area contributed by atoms with Gasteiger partial charge in [-0.1, -0.05) is 6.07 Å². The summed E-state index contributed by atoms with van der Waals surface area (Å²) in [6.07, 6.45) is 5.23. The summed E-state index contributed by atoms with van der Waals surface area (Å²) in [5, 5.41) is 16.5. The molecule has 150 valence electrons. The van der Waals surface area contributed by atoms with Gasteiger partial charge in [-0.3, -0.25) is 4.79 Å². The van der Waals surface area contributed by atoms with E-state index in [-0.39, 0.29) is 35.6 Å². The third-order valence-corrected chi connectivity index (χ3v) is 7.21. The van der Waals surface area contributed by atoms with Gasteiger partial charge in [-0.2, -0.15) is 0 Å². The molecule has 1 atom stereocenters. The van der Waals surface area contributed by atoms with Crippen LogP contribution in [0.25, 0.3) is 10.9 Å². The highest BCUT2D eigenvalue weighted by Gasteiger charge is 2.29. The number of rotatable bonds is 4. The Morgan fingerprint density at radius 3 is 2.61 bits per heavy atom. The van der Waals surface area contributed by atoms with E-state index in [1.165, 1.54) is 0 Å². The molecular formula is C19H24N4O4S. The van der Waals surface area contributed by atoms with Crippen molar-refractivity contribution in [1.29, 1.82) is 0 Å². The van der Waals surface area contributed by atoms with Crippen LogP contribution in [0.4, 0.5) is 5.95 Å². The summed E-state index contributed by atoms with van der Waals surface area (Å²) in [5.41, 5.74) is 1.10. The fraction of sp³-hybridized carbons (Fsp3) is 0.526. The van der Waals surface area contributed by atoms with E-state index >= 15 is 0 Å². The van der Waals surface area contributed by atoms with Gasteiger partial charge in [0.05, 0.1) is 23.1 Å². The predicted octanol–water partition coefficient (Wildman–Crippen LogP) is 1.26. The standard InChI is InChI=1S/C19H24N4O4S/c24-16-5-3-14(4-6-16)22-19-20-10-13-2-1-12(9-17(13)23-19)18(25)21-15-7-8-28(26,27)11-15/h1-2,9-10,14-16,24H,3-8,11H2,(H,21,25)(H,20,22,23)/t14-,15?,16-. The van der Waals surface area contributed by atoms with E-state index in [1.54, 1.807) is 24.4 Å². The molecule has 1 aliphatic carbocycles. The summed E-state index contributed by atoms with van der Waals surface area (Å²) in [4.78, 5) is 21.4. The number of carbonyl (C=O) groups excluding carboxylic acids is 1. The van der Waals surface area contributed by atoms with Crippen molar-refractivity contribution in [2.45, 2.75) is 50.3 Å². The number of anilines is 1. The van der Waals surface area contributed by atoms with Crippen LogP contribution in [0.1, 0.15) is 42.5 Å². The van der Waals surface area contributed by atoms with Gasteiger partial charge in [0.15, 0.2) is 9.84 Å². The lowest BCUT2D eigenvalue weighted by Gasteiger charge is -2.26. The zero-order valence-electron chi connectivity index (χ0n) is 15.5. The largest absolute Gasteiger partial charge is 0.393 e. The number of sulfone groups is 1. The van der Waals surface area contributed by atoms with Crippen LogP contribution in [0.3, 0.4) is 0 Å². The Labute approximate surface area is 163 Å². The van der Waals surface area contributed by atoms with Gasteiger partial charge in [-0.15, -0.1) is 0 Å². The van der Waals surface area contributed by atoms with Crippen LogP contribution in [-0.2, 0) is 9.84 Å². The second-order valence-electron chi connectivity index (χ2n) is 7.69. The van der Waals surface area contributed by atoms with Gasteiger partial charge in [0.2, 0.25) is 5.95 Å². The number of nitrogens with zero attached hydrogens (tertiary/aromatic N) is 2. The number of hydrogen-bond donors (Lipinski definition) is 3. The number of carbonyl (C=O) groups is 1. The Kier molecular flexibility index (Phi) is 5.20. The second kappa shape index (κ2) is 7.63. The summed E-state index contributed by atoms with van der Waals surface area (Å²) in [6, 6.07) is 5.08. The van der Waals surface area contributed by atoms with Crippen LogP contribution in [0, 0.1) is 0 Å². The molecule has 8 nitrogen and oxygen atoms in total. The van der Waals surface area contributed by atoms with E-state index in [0.717, 1.165) is 31.1 Å². The average Bonchev–Trinajstić information content (AvgIpc) is 3.01. The summed E-state index contributed by atoms with van der Waals surface area (Å²) in [6.45, 7) is 0. The van der Waals surface area contributed by atoms with Crippen molar-refractivity contribution in [1.82, 2.24) is 15.3 Å². The number of nitrogens with one attached hydrogen (secondary N) is 2. The number of fused-ring (bicyclic) bond motifs is 1. The fourth-order valence-electron chi connectivity index (χ4n) is 3.81. The smallest absolute Gasteiger partial charge is 0.251 e. The quantitative estimate of drug-likeness (QED) is 0.701. The Morgan fingerprint density at radius 2 is 1.89 bits per heavy atom. The van der Waals surface area contributed by atoms with Crippen molar-refractivity contribution < 1.29 is 18.3 Å².